The molecule has 1 aliphatic heterocycles. The maximum absolute atomic E-state index is 11.8. The van der Waals surface area contributed by atoms with E-state index in [9.17, 15) is 4.79 Å². The Hall–Kier alpha value is -1.51. The van der Waals surface area contributed by atoms with Gasteiger partial charge in [-0.25, -0.2) is 0 Å². The summed E-state index contributed by atoms with van der Waals surface area (Å²) < 4.78 is 5.08. The average Bonchev–Trinajstić information content (AvgIpc) is 2.60. The van der Waals surface area contributed by atoms with E-state index in [2.05, 4.69) is 0 Å². The molecule has 1 aliphatic rings. The smallest absolute Gasteiger partial charge is 0.229 e. The van der Waals surface area contributed by atoms with Crippen molar-refractivity contribution in [2.24, 2.45) is 5.92 Å². The summed E-state index contributed by atoms with van der Waals surface area (Å²) in [6.07, 6.45) is 0.949. The summed E-state index contributed by atoms with van der Waals surface area (Å²) in [5.41, 5.74) is 0.963. The Bertz CT molecular complexity index is 358. The lowest BCUT2D eigenvalue weighted by Crippen LogP contribution is -2.25. The fourth-order valence-electron chi connectivity index (χ4n) is 1.84. The first kappa shape index (κ1) is 10.0. The number of methoxy groups -OCH3 is 1. The van der Waals surface area contributed by atoms with Gasteiger partial charge in [0.05, 0.1) is 7.11 Å². The van der Waals surface area contributed by atoms with Gasteiger partial charge in [-0.15, -0.1) is 0 Å². The predicted octanol–water partition coefficient (Wildman–Crippen LogP) is 2.07. The second-order valence-electron chi connectivity index (χ2n) is 3.88. The first-order valence-corrected chi connectivity index (χ1v) is 5.18. The summed E-state index contributed by atoms with van der Waals surface area (Å²) in [5, 5.41) is 0. The maximum atomic E-state index is 11.8. The molecule has 1 saturated heterocycles. The van der Waals surface area contributed by atoms with E-state index in [4.69, 9.17) is 4.74 Å². The number of hydrogen-bond acceptors (Lipinski definition) is 2. The van der Waals surface area contributed by atoms with E-state index in [1.54, 1.807) is 7.11 Å². The van der Waals surface area contributed by atoms with Crippen LogP contribution in [0.5, 0.6) is 5.75 Å². The molecule has 0 radical (unpaired) electrons. The molecule has 3 heteroatoms. The van der Waals surface area contributed by atoms with E-state index in [1.165, 1.54) is 0 Å². The quantitative estimate of drug-likeness (QED) is 0.739. The topological polar surface area (TPSA) is 29.5 Å². The molecule has 1 amide bonds. The minimum Gasteiger partial charge on any atom is -0.497 e. The van der Waals surface area contributed by atoms with E-state index >= 15 is 0 Å². The van der Waals surface area contributed by atoms with Gasteiger partial charge in [-0.1, -0.05) is 6.92 Å². The molecular formula is C12H15NO2. The van der Waals surface area contributed by atoms with Crippen LogP contribution in [0.1, 0.15) is 13.3 Å². The van der Waals surface area contributed by atoms with Crippen LogP contribution >= 0.6 is 0 Å². The summed E-state index contributed by atoms with van der Waals surface area (Å²) in [6, 6.07) is 7.61. The molecule has 1 unspecified atom stereocenters. The Labute approximate surface area is 89.7 Å². The molecule has 0 spiro atoms. The summed E-state index contributed by atoms with van der Waals surface area (Å²) in [6.45, 7) is 2.80. The van der Waals surface area contributed by atoms with Gasteiger partial charge in [0.15, 0.2) is 0 Å². The van der Waals surface area contributed by atoms with Crippen LogP contribution in [-0.4, -0.2) is 19.6 Å². The van der Waals surface area contributed by atoms with Gasteiger partial charge >= 0.3 is 0 Å². The highest BCUT2D eigenvalue weighted by Crippen LogP contribution is 2.26. The van der Waals surface area contributed by atoms with Crippen molar-refractivity contribution in [1.29, 1.82) is 0 Å². The molecule has 15 heavy (non-hydrogen) atoms. The Morgan fingerprint density at radius 2 is 2.00 bits per heavy atom. The van der Waals surface area contributed by atoms with Crippen molar-refractivity contribution < 1.29 is 9.53 Å². The lowest BCUT2D eigenvalue weighted by atomic mass is 10.1. The maximum Gasteiger partial charge on any atom is 0.229 e. The number of nitrogens with zero attached hydrogens (tertiary/aromatic N) is 1. The van der Waals surface area contributed by atoms with Crippen molar-refractivity contribution in [3.63, 3.8) is 0 Å². The van der Waals surface area contributed by atoms with E-state index in [0.29, 0.717) is 0 Å². The second-order valence-corrected chi connectivity index (χ2v) is 3.88. The summed E-state index contributed by atoms with van der Waals surface area (Å²) in [5.74, 6) is 1.20. The Morgan fingerprint density at radius 1 is 1.33 bits per heavy atom. The van der Waals surface area contributed by atoms with Crippen molar-refractivity contribution in [3.8, 4) is 5.75 Å². The predicted molar refractivity (Wildman–Crippen MR) is 59.1 cm³/mol. The van der Waals surface area contributed by atoms with Crippen LogP contribution in [0.15, 0.2) is 24.3 Å². The van der Waals surface area contributed by atoms with Gasteiger partial charge in [0.25, 0.3) is 0 Å². The molecule has 0 aliphatic carbocycles. The van der Waals surface area contributed by atoms with Crippen LogP contribution in [0, 0.1) is 5.92 Å². The third-order valence-electron chi connectivity index (χ3n) is 2.86. The molecule has 1 fully saturated rings. The number of carbonyl (C=O) groups excluding carboxylic acids is 1. The summed E-state index contributed by atoms with van der Waals surface area (Å²) in [7, 11) is 1.64. The molecule has 3 nitrogen and oxygen atoms in total. The number of rotatable bonds is 2. The third-order valence-corrected chi connectivity index (χ3v) is 2.86. The molecule has 0 N–H and O–H groups in total. The van der Waals surface area contributed by atoms with Crippen LogP contribution in [0.3, 0.4) is 0 Å². The SMILES string of the molecule is COc1ccc(N2CCC(C)C2=O)cc1. The van der Waals surface area contributed by atoms with Crippen molar-refractivity contribution in [2.45, 2.75) is 13.3 Å². The zero-order valence-electron chi connectivity index (χ0n) is 9.06. The molecule has 80 valence electrons. The first-order chi connectivity index (χ1) is 7.22. The van der Waals surface area contributed by atoms with Crippen LogP contribution in [-0.2, 0) is 4.79 Å². The minimum atomic E-state index is 0.159. The molecule has 1 aromatic rings. The molecule has 1 heterocycles. The highest BCUT2D eigenvalue weighted by molar-refractivity contribution is 5.96. The van der Waals surface area contributed by atoms with Crippen molar-refractivity contribution in [1.82, 2.24) is 0 Å². The van der Waals surface area contributed by atoms with Gasteiger partial charge < -0.3 is 9.64 Å². The van der Waals surface area contributed by atoms with Crippen LogP contribution in [0.25, 0.3) is 0 Å². The first-order valence-electron chi connectivity index (χ1n) is 5.18. The highest BCUT2D eigenvalue weighted by Gasteiger charge is 2.28. The number of ether oxygens (including phenoxy) is 1. The van der Waals surface area contributed by atoms with Gasteiger partial charge in [0.2, 0.25) is 5.91 Å². The van der Waals surface area contributed by atoms with Crippen LogP contribution in [0.2, 0.25) is 0 Å². The lowest BCUT2D eigenvalue weighted by Gasteiger charge is -2.16. The molecule has 0 aromatic heterocycles. The van der Waals surface area contributed by atoms with Gasteiger partial charge in [-0.2, -0.15) is 0 Å². The molecular weight excluding hydrogens is 190 g/mol. The lowest BCUT2D eigenvalue weighted by molar-refractivity contribution is -0.119. The zero-order chi connectivity index (χ0) is 10.8. The van der Waals surface area contributed by atoms with Crippen LogP contribution < -0.4 is 9.64 Å². The highest BCUT2D eigenvalue weighted by atomic mass is 16.5. The fourth-order valence-corrected chi connectivity index (χ4v) is 1.84. The molecule has 1 aromatic carbocycles. The zero-order valence-corrected chi connectivity index (χ0v) is 9.06. The number of hydrogen-bond donors (Lipinski definition) is 0. The third kappa shape index (κ3) is 1.82. The Kier molecular flexibility index (Phi) is 2.62. The number of benzene rings is 1. The number of carbonyl (C=O) groups is 1. The standard InChI is InChI=1S/C12H15NO2/c1-9-7-8-13(12(9)14)10-3-5-11(15-2)6-4-10/h3-6,9H,7-8H2,1-2H3. The molecule has 0 saturated carbocycles. The van der Waals surface area contributed by atoms with Crippen LogP contribution in [0.4, 0.5) is 5.69 Å². The monoisotopic (exact) mass is 205 g/mol. The Balaban J connectivity index is 2.19. The summed E-state index contributed by atoms with van der Waals surface area (Å²) in [4.78, 5) is 13.6. The molecule has 0 bridgehead atoms. The van der Waals surface area contributed by atoms with Gasteiger partial charge in [-0.3, -0.25) is 4.79 Å². The minimum absolute atomic E-state index is 0.159. The Morgan fingerprint density at radius 3 is 2.47 bits per heavy atom. The van der Waals surface area contributed by atoms with Gasteiger partial charge in [-0.05, 0) is 30.7 Å². The average molecular weight is 205 g/mol. The van der Waals surface area contributed by atoms with Crippen molar-refractivity contribution in [3.05, 3.63) is 24.3 Å². The van der Waals surface area contributed by atoms with E-state index in [0.717, 1.165) is 24.4 Å². The summed E-state index contributed by atoms with van der Waals surface area (Å²) >= 11 is 0. The van der Waals surface area contributed by atoms with E-state index in [1.807, 2.05) is 36.1 Å². The molecule has 1 atom stereocenters. The number of anilines is 1. The van der Waals surface area contributed by atoms with Crippen molar-refractivity contribution in [2.75, 3.05) is 18.6 Å². The van der Waals surface area contributed by atoms with Gasteiger partial charge in [0, 0.05) is 18.2 Å². The fraction of sp³-hybridized carbons (Fsp3) is 0.417. The normalized spacial score (nSPS) is 20.8. The second kappa shape index (κ2) is 3.93. The number of amides is 1. The van der Waals surface area contributed by atoms with E-state index in [-0.39, 0.29) is 11.8 Å². The van der Waals surface area contributed by atoms with Crippen molar-refractivity contribution >= 4 is 11.6 Å². The van der Waals surface area contributed by atoms with E-state index < -0.39 is 0 Å². The largest absolute Gasteiger partial charge is 0.497 e. The van der Waals surface area contributed by atoms with Gasteiger partial charge in [0.1, 0.15) is 5.75 Å². The molecule has 2 rings (SSSR count).